The lowest BCUT2D eigenvalue weighted by atomic mass is 10.1. The average molecular weight is 301 g/mol. The van der Waals surface area contributed by atoms with Crippen LogP contribution in [0.2, 0.25) is 0 Å². The second-order valence-electron chi connectivity index (χ2n) is 4.36. The first kappa shape index (κ1) is 21.0. The minimum Gasteiger partial charge on any atom is -0.481 e. The molecule has 1 atom stereocenters. The number of alkyl halides is 3. The molecule has 0 saturated carbocycles. The Labute approximate surface area is 116 Å². The second kappa shape index (κ2) is 11.5. The smallest absolute Gasteiger partial charge is 0.481 e. The van der Waals surface area contributed by atoms with E-state index >= 15 is 0 Å². The molecule has 0 radical (unpaired) electrons. The van der Waals surface area contributed by atoms with E-state index in [1.807, 2.05) is 0 Å². The molecule has 0 spiro atoms. The normalized spacial score (nSPS) is 12.2. The molecule has 0 heterocycles. The molecule has 0 aromatic heterocycles. The summed E-state index contributed by atoms with van der Waals surface area (Å²) in [6, 6.07) is -0.154. The van der Waals surface area contributed by atoms with Crippen molar-refractivity contribution in [2.45, 2.75) is 64.1 Å². The summed E-state index contributed by atoms with van der Waals surface area (Å²) in [5.41, 5.74) is 5.61. The van der Waals surface area contributed by atoms with Gasteiger partial charge in [0.2, 0.25) is 0 Å². The highest BCUT2D eigenvalue weighted by atomic mass is 19.4. The van der Waals surface area contributed by atoms with Crippen molar-refractivity contribution in [1.29, 1.82) is 0 Å². The molecule has 0 aromatic carbocycles. The molecule has 0 unspecified atom stereocenters. The van der Waals surface area contributed by atoms with Crippen LogP contribution in [0.3, 0.4) is 0 Å². The third-order valence-corrected chi connectivity index (χ3v) is 2.36. The highest BCUT2D eigenvalue weighted by Gasteiger charge is 2.38. The molecule has 0 bridgehead atoms. The molecule has 0 fully saturated rings. The van der Waals surface area contributed by atoms with Gasteiger partial charge in [-0.3, -0.25) is 4.79 Å². The molecule has 5 nitrogen and oxygen atoms in total. The van der Waals surface area contributed by atoms with Crippen LogP contribution in [0.5, 0.6) is 0 Å². The van der Waals surface area contributed by atoms with Crippen LogP contribution in [-0.2, 0) is 9.59 Å². The summed E-state index contributed by atoms with van der Waals surface area (Å²) in [6.45, 7) is 2.18. The number of carbonyl (C=O) groups is 2. The average Bonchev–Trinajstić information content (AvgIpc) is 2.27. The fourth-order valence-corrected chi connectivity index (χ4v) is 1.34. The van der Waals surface area contributed by atoms with E-state index in [1.54, 1.807) is 0 Å². The molecular weight excluding hydrogens is 279 g/mol. The number of halogens is 3. The van der Waals surface area contributed by atoms with Crippen LogP contribution in [0, 0.1) is 0 Å². The van der Waals surface area contributed by atoms with Crippen LogP contribution in [0.4, 0.5) is 13.2 Å². The van der Waals surface area contributed by atoms with Crippen LogP contribution >= 0.6 is 0 Å². The van der Waals surface area contributed by atoms with Gasteiger partial charge in [-0.05, 0) is 6.42 Å². The third-order valence-electron chi connectivity index (χ3n) is 2.36. The molecule has 0 rings (SSSR count). The third kappa shape index (κ3) is 16.7. The van der Waals surface area contributed by atoms with Gasteiger partial charge >= 0.3 is 18.1 Å². The number of rotatable bonds is 8. The van der Waals surface area contributed by atoms with E-state index in [1.165, 1.54) is 25.7 Å². The Hall–Kier alpha value is -1.31. The van der Waals surface area contributed by atoms with Crippen molar-refractivity contribution in [3.63, 3.8) is 0 Å². The Kier molecular flexibility index (Phi) is 12.1. The SMILES string of the molecule is CCCCCCC[C@@H](N)CC(=O)O.O=C(O)C(F)(F)F. The standard InChI is InChI=1S/C10H21NO2.C2HF3O2/c1-2-3-4-5-6-7-9(11)8-10(12)13;3-2(4,5)1(6)7/h9H,2-8,11H2,1H3,(H,12,13);(H,6,7)/t9-;/m1./s1. The van der Waals surface area contributed by atoms with Gasteiger partial charge in [0.15, 0.2) is 0 Å². The molecule has 20 heavy (non-hydrogen) atoms. The van der Waals surface area contributed by atoms with Crippen LogP contribution in [0.15, 0.2) is 0 Å². The van der Waals surface area contributed by atoms with Crippen molar-refractivity contribution < 1.29 is 33.0 Å². The van der Waals surface area contributed by atoms with E-state index in [0.717, 1.165) is 12.8 Å². The molecule has 0 amide bonds. The Morgan fingerprint density at radius 2 is 1.55 bits per heavy atom. The van der Waals surface area contributed by atoms with E-state index in [4.69, 9.17) is 20.7 Å². The largest absolute Gasteiger partial charge is 0.490 e. The zero-order chi connectivity index (χ0) is 16.2. The Morgan fingerprint density at radius 1 is 1.10 bits per heavy atom. The lowest BCUT2D eigenvalue weighted by Gasteiger charge is -2.07. The van der Waals surface area contributed by atoms with Gasteiger partial charge in [0, 0.05) is 6.04 Å². The molecule has 120 valence electrons. The van der Waals surface area contributed by atoms with Crippen molar-refractivity contribution in [2.75, 3.05) is 0 Å². The van der Waals surface area contributed by atoms with Crippen molar-refractivity contribution in [3.05, 3.63) is 0 Å². The maximum absolute atomic E-state index is 10.6. The van der Waals surface area contributed by atoms with Gasteiger partial charge in [-0.25, -0.2) is 4.79 Å². The van der Waals surface area contributed by atoms with E-state index in [-0.39, 0.29) is 12.5 Å². The molecule has 0 aliphatic rings. The monoisotopic (exact) mass is 301 g/mol. The summed E-state index contributed by atoms with van der Waals surface area (Å²) in [7, 11) is 0. The van der Waals surface area contributed by atoms with Crippen molar-refractivity contribution in [2.24, 2.45) is 5.73 Å². The zero-order valence-corrected chi connectivity index (χ0v) is 11.4. The number of hydrogen-bond acceptors (Lipinski definition) is 3. The molecule has 4 N–H and O–H groups in total. The zero-order valence-electron chi connectivity index (χ0n) is 11.4. The molecule has 0 aliphatic carbocycles. The molecule has 8 heteroatoms. The number of aliphatic carboxylic acids is 2. The highest BCUT2D eigenvalue weighted by Crippen LogP contribution is 2.13. The first-order chi connectivity index (χ1) is 9.11. The summed E-state index contributed by atoms with van der Waals surface area (Å²) >= 11 is 0. The predicted molar refractivity (Wildman–Crippen MR) is 67.3 cm³/mol. The number of unbranched alkanes of at least 4 members (excludes halogenated alkanes) is 4. The number of hydrogen-bond donors (Lipinski definition) is 3. The summed E-state index contributed by atoms with van der Waals surface area (Å²) < 4.78 is 31.7. The Bertz CT molecular complexity index is 282. The number of carboxylic acids is 2. The predicted octanol–water partition coefficient (Wildman–Crippen LogP) is 2.78. The molecule has 0 aliphatic heterocycles. The summed E-state index contributed by atoms with van der Waals surface area (Å²) in [5.74, 6) is -3.55. The van der Waals surface area contributed by atoms with Crippen LogP contribution in [0.1, 0.15) is 51.9 Å². The lowest BCUT2D eigenvalue weighted by Crippen LogP contribution is -2.23. The van der Waals surface area contributed by atoms with Crippen molar-refractivity contribution in [1.82, 2.24) is 0 Å². The topological polar surface area (TPSA) is 101 Å². The van der Waals surface area contributed by atoms with Gasteiger partial charge in [0.1, 0.15) is 0 Å². The quantitative estimate of drug-likeness (QED) is 0.598. The summed E-state index contributed by atoms with van der Waals surface area (Å²) in [6.07, 6.45) is 1.87. The van der Waals surface area contributed by atoms with Crippen molar-refractivity contribution in [3.8, 4) is 0 Å². The molecule has 0 aromatic rings. The minimum atomic E-state index is -5.08. The first-order valence-electron chi connectivity index (χ1n) is 6.38. The van der Waals surface area contributed by atoms with Gasteiger partial charge in [0.25, 0.3) is 0 Å². The maximum Gasteiger partial charge on any atom is 0.490 e. The number of nitrogens with two attached hydrogens (primary N) is 1. The fraction of sp³-hybridized carbons (Fsp3) is 0.833. The van der Waals surface area contributed by atoms with Crippen LogP contribution in [-0.4, -0.2) is 34.4 Å². The van der Waals surface area contributed by atoms with Gasteiger partial charge in [0.05, 0.1) is 6.42 Å². The van der Waals surface area contributed by atoms with Crippen LogP contribution < -0.4 is 5.73 Å². The second-order valence-corrected chi connectivity index (χ2v) is 4.36. The lowest BCUT2D eigenvalue weighted by molar-refractivity contribution is -0.192. The highest BCUT2D eigenvalue weighted by molar-refractivity contribution is 5.73. The Balaban J connectivity index is 0. The summed E-state index contributed by atoms with van der Waals surface area (Å²) in [5, 5.41) is 15.6. The van der Waals surface area contributed by atoms with Gasteiger partial charge in [-0.1, -0.05) is 39.0 Å². The number of carboxylic acid groups (broad SMARTS) is 2. The van der Waals surface area contributed by atoms with Crippen molar-refractivity contribution >= 4 is 11.9 Å². The maximum atomic E-state index is 10.6. The van der Waals surface area contributed by atoms with Gasteiger partial charge < -0.3 is 15.9 Å². The van der Waals surface area contributed by atoms with Gasteiger partial charge in [-0.15, -0.1) is 0 Å². The summed E-state index contributed by atoms with van der Waals surface area (Å²) in [4.78, 5) is 19.2. The molecule has 0 saturated heterocycles. The fourth-order valence-electron chi connectivity index (χ4n) is 1.34. The van der Waals surface area contributed by atoms with E-state index in [9.17, 15) is 18.0 Å². The van der Waals surface area contributed by atoms with E-state index in [0.29, 0.717) is 0 Å². The minimum absolute atomic E-state index is 0.105. The first-order valence-corrected chi connectivity index (χ1v) is 6.38. The van der Waals surface area contributed by atoms with Gasteiger partial charge in [-0.2, -0.15) is 13.2 Å². The van der Waals surface area contributed by atoms with E-state index < -0.39 is 18.1 Å². The van der Waals surface area contributed by atoms with E-state index in [2.05, 4.69) is 6.92 Å². The molecular formula is C12H22F3NO4. The van der Waals surface area contributed by atoms with Crippen LogP contribution in [0.25, 0.3) is 0 Å². The Morgan fingerprint density at radius 3 is 1.90 bits per heavy atom.